The first-order valence-electron chi connectivity index (χ1n) is 7.96. The number of para-hydroxylation sites is 2. The number of rotatable bonds is 5. The number of ether oxygens (including phenoxy) is 2. The highest BCUT2D eigenvalue weighted by molar-refractivity contribution is 6.03. The lowest BCUT2D eigenvalue weighted by Crippen LogP contribution is -2.36. The van der Waals surface area contributed by atoms with E-state index in [0.29, 0.717) is 31.3 Å². The Kier molecular flexibility index (Phi) is 5.22. The maximum atomic E-state index is 12.4. The van der Waals surface area contributed by atoms with Crippen LogP contribution < -0.4 is 15.0 Å². The van der Waals surface area contributed by atoms with Crippen molar-refractivity contribution in [2.45, 2.75) is 6.92 Å². The Balaban J connectivity index is 1.69. The summed E-state index contributed by atoms with van der Waals surface area (Å²) in [6, 6.07) is 7.30. The Morgan fingerprint density at radius 2 is 2.04 bits per heavy atom. The van der Waals surface area contributed by atoms with Gasteiger partial charge in [0.2, 0.25) is 0 Å². The van der Waals surface area contributed by atoms with Crippen LogP contribution in [0.5, 0.6) is 5.75 Å². The predicted octanol–water partition coefficient (Wildman–Crippen LogP) is 1.96. The SMILES string of the molecule is CCOc1ccccc1NC(=O)c1cnc(N2CCOCC2)cn1. The zero-order valence-electron chi connectivity index (χ0n) is 13.6. The number of benzene rings is 1. The lowest BCUT2D eigenvalue weighted by molar-refractivity contribution is 0.102. The molecule has 0 atom stereocenters. The molecule has 1 fully saturated rings. The third kappa shape index (κ3) is 3.80. The Morgan fingerprint density at radius 3 is 2.75 bits per heavy atom. The zero-order chi connectivity index (χ0) is 16.8. The van der Waals surface area contributed by atoms with Crippen molar-refractivity contribution in [2.75, 3.05) is 43.1 Å². The van der Waals surface area contributed by atoms with Crippen molar-refractivity contribution in [3.8, 4) is 5.75 Å². The molecule has 0 spiro atoms. The summed E-state index contributed by atoms with van der Waals surface area (Å²) in [4.78, 5) is 23.0. The number of aromatic nitrogens is 2. The monoisotopic (exact) mass is 328 g/mol. The van der Waals surface area contributed by atoms with Crippen LogP contribution in [-0.2, 0) is 4.74 Å². The third-order valence-electron chi connectivity index (χ3n) is 3.64. The van der Waals surface area contributed by atoms with E-state index in [1.807, 2.05) is 25.1 Å². The number of nitrogens with zero attached hydrogens (tertiary/aromatic N) is 3. The molecule has 2 heterocycles. The van der Waals surface area contributed by atoms with Crippen LogP contribution >= 0.6 is 0 Å². The van der Waals surface area contributed by atoms with Gasteiger partial charge in [-0.3, -0.25) is 4.79 Å². The van der Waals surface area contributed by atoms with Crippen molar-refractivity contribution in [2.24, 2.45) is 0 Å². The minimum absolute atomic E-state index is 0.262. The van der Waals surface area contributed by atoms with E-state index >= 15 is 0 Å². The normalized spacial score (nSPS) is 14.3. The Morgan fingerprint density at radius 1 is 1.25 bits per heavy atom. The van der Waals surface area contributed by atoms with Crippen molar-refractivity contribution >= 4 is 17.4 Å². The number of hydrogen-bond donors (Lipinski definition) is 1. The van der Waals surface area contributed by atoms with Gasteiger partial charge in [0.1, 0.15) is 17.3 Å². The lowest BCUT2D eigenvalue weighted by Gasteiger charge is -2.27. The number of amides is 1. The van der Waals surface area contributed by atoms with Crippen molar-refractivity contribution < 1.29 is 14.3 Å². The molecule has 2 aromatic rings. The van der Waals surface area contributed by atoms with E-state index in [1.54, 1.807) is 12.3 Å². The number of carbonyl (C=O) groups excluding carboxylic acids is 1. The highest BCUT2D eigenvalue weighted by Gasteiger charge is 2.15. The lowest BCUT2D eigenvalue weighted by atomic mass is 10.3. The third-order valence-corrected chi connectivity index (χ3v) is 3.64. The topological polar surface area (TPSA) is 76.6 Å². The van der Waals surface area contributed by atoms with Gasteiger partial charge < -0.3 is 19.7 Å². The molecule has 1 N–H and O–H groups in total. The molecule has 1 saturated heterocycles. The second-order valence-corrected chi connectivity index (χ2v) is 5.24. The fourth-order valence-corrected chi connectivity index (χ4v) is 2.43. The summed E-state index contributed by atoms with van der Waals surface area (Å²) in [5, 5.41) is 2.81. The van der Waals surface area contributed by atoms with Crippen molar-refractivity contribution in [3.05, 3.63) is 42.4 Å². The van der Waals surface area contributed by atoms with Gasteiger partial charge in [0.05, 0.1) is 37.9 Å². The van der Waals surface area contributed by atoms with Crippen LogP contribution in [0, 0.1) is 0 Å². The van der Waals surface area contributed by atoms with E-state index < -0.39 is 0 Å². The van der Waals surface area contributed by atoms with Crippen LogP contribution in [0.3, 0.4) is 0 Å². The number of morpholine rings is 1. The molecule has 126 valence electrons. The molecule has 0 bridgehead atoms. The van der Waals surface area contributed by atoms with Gasteiger partial charge in [-0.15, -0.1) is 0 Å². The molecule has 0 saturated carbocycles. The molecular formula is C17H20N4O3. The number of anilines is 2. The Bertz CT molecular complexity index is 684. The van der Waals surface area contributed by atoms with Crippen LogP contribution in [-0.4, -0.2) is 48.8 Å². The summed E-state index contributed by atoms with van der Waals surface area (Å²) in [5.41, 5.74) is 0.877. The van der Waals surface area contributed by atoms with E-state index in [1.165, 1.54) is 6.20 Å². The van der Waals surface area contributed by atoms with E-state index in [0.717, 1.165) is 18.9 Å². The molecular weight excluding hydrogens is 308 g/mol. The maximum absolute atomic E-state index is 12.4. The van der Waals surface area contributed by atoms with Gasteiger partial charge in [-0.25, -0.2) is 9.97 Å². The zero-order valence-corrected chi connectivity index (χ0v) is 13.6. The molecule has 7 nitrogen and oxygen atoms in total. The molecule has 7 heteroatoms. The van der Waals surface area contributed by atoms with Gasteiger partial charge in [0.15, 0.2) is 0 Å². The van der Waals surface area contributed by atoms with Crippen molar-refractivity contribution in [1.82, 2.24) is 9.97 Å². The quantitative estimate of drug-likeness (QED) is 0.904. The number of carbonyl (C=O) groups is 1. The van der Waals surface area contributed by atoms with Gasteiger partial charge in [-0.05, 0) is 19.1 Å². The Hall–Kier alpha value is -2.67. The molecule has 1 aromatic heterocycles. The van der Waals surface area contributed by atoms with Crippen LogP contribution in [0.2, 0.25) is 0 Å². The van der Waals surface area contributed by atoms with Crippen LogP contribution in [0.15, 0.2) is 36.7 Å². The first kappa shape index (κ1) is 16.2. The summed E-state index contributed by atoms with van der Waals surface area (Å²) in [6.45, 7) is 5.34. The molecule has 1 aliphatic rings. The summed E-state index contributed by atoms with van der Waals surface area (Å²) < 4.78 is 10.8. The predicted molar refractivity (Wildman–Crippen MR) is 90.6 cm³/mol. The van der Waals surface area contributed by atoms with E-state index in [2.05, 4.69) is 20.2 Å². The fraction of sp³-hybridized carbons (Fsp3) is 0.353. The average Bonchev–Trinajstić information content (AvgIpc) is 2.64. The van der Waals surface area contributed by atoms with Crippen molar-refractivity contribution in [3.63, 3.8) is 0 Å². The van der Waals surface area contributed by atoms with E-state index in [4.69, 9.17) is 9.47 Å². The smallest absolute Gasteiger partial charge is 0.275 e. The highest BCUT2D eigenvalue weighted by Crippen LogP contribution is 2.24. The highest BCUT2D eigenvalue weighted by atomic mass is 16.5. The molecule has 1 aromatic carbocycles. The standard InChI is InChI=1S/C17H20N4O3/c1-2-24-15-6-4-3-5-13(15)20-17(22)14-11-19-16(12-18-14)21-7-9-23-10-8-21/h3-6,11-12H,2,7-10H2,1H3,(H,20,22). The first-order valence-corrected chi connectivity index (χ1v) is 7.96. The largest absolute Gasteiger partial charge is 0.492 e. The molecule has 1 amide bonds. The van der Waals surface area contributed by atoms with Crippen LogP contribution in [0.4, 0.5) is 11.5 Å². The second kappa shape index (κ2) is 7.74. The number of hydrogen-bond acceptors (Lipinski definition) is 6. The Labute approximate surface area is 140 Å². The van der Waals surface area contributed by atoms with Gasteiger partial charge in [0, 0.05) is 13.1 Å². The first-order chi connectivity index (χ1) is 11.8. The molecule has 0 unspecified atom stereocenters. The summed E-state index contributed by atoms with van der Waals surface area (Å²) in [5.74, 6) is 1.07. The van der Waals surface area contributed by atoms with E-state index in [-0.39, 0.29) is 11.6 Å². The van der Waals surface area contributed by atoms with Gasteiger partial charge in [-0.2, -0.15) is 0 Å². The molecule has 1 aliphatic heterocycles. The summed E-state index contributed by atoms with van der Waals surface area (Å²) in [6.07, 6.45) is 3.11. The number of nitrogens with one attached hydrogen (secondary N) is 1. The molecule has 3 rings (SSSR count). The minimum Gasteiger partial charge on any atom is -0.492 e. The average molecular weight is 328 g/mol. The van der Waals surface area contributed by atoms with E-state index in [9.17, 15) is 4.79 Å². The summed E-state index contributed by atoms with van der Waals surface area (Å²) >= 11 is 0. The molecule has 0 radical (unpaired) electrons. The van der Waals surface area contributed by atoms with Crippen LogP contribution in [0.25, 0.3) is 0 Å². The van der Waals surface area contributed by atoms with Crippen molar-refractivity contribution in [1.29, 1.82) is 0 Å². The fourth-order valence-electron chi connectivity index (χ4n) is 2.43. The molecule has 0 aliphatic carbocycles. The van der Waals surface area contributed by atoms with Crippen LogP contribution in [0.1, 0.15) is 17.4 Å². The minimum atomic E-state index is -0.316. The van der Waals surface area contributed by atoms with Gasteiger partial charge in [-0.1, -0.05) is 12.1 Å². The molecule has 24 heavy (non-hydrogen) atoms. The second-order valence-electron chi connectivity index (χ2n) is 5.24. The van der Waals surface area contributed by atoms with Gasteiger partial charge in [0.25, 0.3) is 5.91 Å². The summed E-state index contributed by atoms with van der Waals surface area (Å²) in [7, 11) is 0. The van der Waals surface area contributed by atoms with Gasteiger partial charge >= 0.3 is 0 Å². The maximum Gasteiger partial charge on any atom is 0.275 e.